The van der Waals surface area contributed by atoms with E-state index in [0.717, 1.165) is 11.8 Å². The molecule has 2 fully saturated rings. The summed E-state index contributed by atoms with van der Waals surface area (Å²) in [5, 5.41) is 0. The Morgan fingerprint density at radius 2 is 2.33 bits per heavy atom. The first-order valence-electron chi connectivity index (χ1n) is 5.21. The van der Waals surface area contributed by atoms with Crippen LogP contribution in [0.25, 0.3) is 0 Å². The molecular formula is C12H18. The summed E-state index contributed by atoms with van der Waals surface area (Å²) < 4.78 is 0. The molecule has 2 atom stereocenters. The van der Waals surface area contributed by atoms with Crippen molar-refractivity contribution in [3.8, 4) is 0 Å². The fourth-order valence-corrected chi connectivity index (χ4v) is 2.23. The van der Waals surface area contributed by atoms with Crippen molar-refractivity contribution in [3.05, 3.63) is 23.8 Å². The minimum atomic E-state index is 0.917. The molecule has 0 heteroatoms. The lowest BCUT2D eigenvalue weighted by atomic mass is 10.1. The summed E-state index contributed by atoms with van der Waals surface area (Å²) in [6.45, 7) is 6.21. The average molecular weight is 162 g/mol. The molecule has 0 amide bonds. The number of rotatable bonds is 4. The Kier molecular flexibility index (Phi) is 2.08. The molecule has 2 rings (SSSR count). The van der Waals surface area contributed by atoms with Crippen LogP contribution >= 0.6 is 0 Å². The predicted octanol–water partition coefficient (Wildman–Crippen LogP) is 3.70. The zero-order valence-electron chi connectivity index (χ0n) is 7.97. The lowest BCUT2D eigenvalue weighted by Crippen LogP contribution is -1.85. The van der Waals surface area contributed by atoms with Crippen molar-refractivity contribution in [1.82, 2.24) is 0 Å². The van der Waals surface area contributed by atoms with Gasteiger partial charge in [-0.3, -0.25) is 0 Å². The van der Waals surface area contributed by atoms with E-state index in [0.29, 0.717) is 0 Å². The van der Waals surface area contributed by atoms with Crippen molar-refractivity contribution in [2.45, 2.75) is 39.0 Å². The molecule has 66 valence electrons. The molecule has 0 spiro atoms. The molecule has 0 saturated heterocycles. The van der Waals surface area contributed by atoms with Crippen molar-refractivity contribution >= 4 is 0 Å². The van der Waals surface area contributed by atoms with Crippen LogP contribution in [0, 0.1) is 11.8 Å². The maximum absolute atomic E-state index is 3.92. The van der Waals surface area contributed by atoms with Gasteiger partial charge in [0.1, 0.15) is 0 Å². The van der Waals surface area contributed by atoms with Gasteiger partial charge in [-0.05, 0) is 36.7 Å². The minimum Gasteiger partial charge on any atom is -0.0988 e. The minimum absolute atomic E-state index is 0.917. The van der Waals surface area contributed by atoms with Gasteiger partial charge in [0, 0.05) is 0 Å². The first-order chi connectivity index (χ1) is 5.86. The molecule has 2 aliphatic carbocycles. The van der Waals surface area contributed by atoms with Crippen LogP contribution in [0.4, 0.5) is 0 Å². The Morgan fingerprint density at radius 3 is 2.83 bits per heavy atom. The van der Waals surface area contributed by atoms with Gasteiger partial charge in [0.15, 0.2) is 0 Å². The molecular weight excluding hydrogens is 144 g/mol. The van der Waals surface area contributed by atoms with E-state index in [2.05, 4.69) is 19.6 Å². The van der Waals surface area contributed by atoms with E-state index < -0.39 is 0 Å². The van der Waals surface area contributed by atoms with Gasteiger partial charge in [-0.1, -0.05) is 38.0 Å². The Balaban J connectivity index is 1.94. The average Bonchev–Trinajstić information content (AvgIpc) is 2.88. The standard InChI is InChI=1S/C12H18/c1-3-5-10-8-12(10)11(4-2)9-6-7-9/h4,10,12H,2-3,5-8H2,1H3. The SMILES string of the molecule is C=CC(=C1CC1)C1CC1CCC. The summed E-state index contributed by atoms with van der Waals surface area (Å²) in [6.07, 6.45) is 9.05. The van der Waals surface area contributed by atoms with Crippen LogP contribution < -0.4 is 0 Å². The van der Waals surface area contributed by atoms with E-state index >= 15 is 0 Å². The first-order valence-corrected chi connectivity index (χ1v) is 5.21. The molecule has 0 heterocycles. The van der Waals surface area contributed by atoms with Crippen LogP contribution in [-0.4, -0.2) is 0 Å². The van der Waals surface area contributed by atoms with E-state index in [1.807, 2.05) is 0 Å². The molecule has 0 aliphatic heterocycles. The Hall–Kier alpha value is -0.520. The summed E-state index contributed by atoms with van der Waals surface area (Å²) in [7, 11) is 0. The van der Waals surface area contributed by atoms with Crippen LogP contribution in [-0.2, 0) is 0 Å². The smallest absolute Gasteiger partial charge is 0.0131 e. The van der Waals surface area contributed by atoms with E-state index in [4.69, 9.17) is 0 Å². The molecule has 0 bridgehead atoms. The highest BCUT2D eigenvalue weighted by molar-refractivity contribution is 5.37. The van der Waals surface area contributed by atoms with Crippen LogP contribution in [0.15, 0.2) is 23.8 Å². The van der Waals surface area contributed by atoms with Gasteiger partial charge < -0.3 is 0 Å². The number of allylic oxidation sites excluding steroid dienone is 3. The van der Waals surface area contributed by atoms with Crippen molar-refractivity contribution in [3.63, 3.8) is 0 Å². The fraction of sp³-hybridized carbons (Fsp3) is 0.667. The molecule has 2 saturated carbocycles. The van der Waals surface area contributed by atoms with Gasteiger partial charge in [0.25, 0.3) is 0 Å². The number of hydrogen-bond donors (Lipinski definition) is 0. The van der Waals surface area contributed by atoms with Crippen molar-refractivity contribution in [2.24, 2.45) is 11.8 Å². The molecule has 0 aromatic carbocycles. The highest BCUT2D eigenvalue weighted by Crippen LogP contribution is 2.51. The second-order valence-corrected chi connectivity index (χ2v) is 4.15. The third-order valence-corrected chi connectivity index (χ3v) is 3.11. The zero-order valence-corrected chi connectivity index (χ0v) is 7.97. The summed E-state index contributed by atoms with van der Waals surface area (Å²) in [5.41, 5.74) is 3.32. The molecule has 2 unspecified atom stereocenters. The second-order valence-electron chi connectivity index (χ2n) is 4.15. The van der Waals surface area contributed by atoms with Gasteiger partial charge in [-0.25, -0.2) is 0 Å². The first kappa shape index (κ1) is 8.10. The van der Waals surface area contributed by atoms with E-state index in [9.17, 15) is 0 Å². The number of hydrogen-bond acceptors (Lipinski definition) is 0. The summed E-state index contributed by atoms with van der Waals surface area (Å²) >= 11 is 0. The van der Waals surface area contributed by atoms with E-state index in [1.54, 1.807) is 11.1 Å². The highest BCUT2D eigenvalue weighted by Gasteiger charge is 2.39. The van der Waals surface area contributed by atoms with Gasteiger partial charge >= 0.3 is 0 Å². The topological polar surface area (TPSA) is 0 Å². The maximum atomic E-state index is 3.92. The molecule has 12 heavy (non-hydrogen) atoms. The van der Waals surface area contributed by atoms with Crippen LogP contribution in [0.3, 0.4) is 0 Å². The molecule has 0 aromatic heterocycles. The van der Waals surface area contributed by atoms with Gasteiger partial charge in [-0.15, -0.1) is 0 Å². The molecule has 0 N–H and O–H groups in total. The van der Waals surface area contributed by atoms with Crippen LogP contribution in [0.5, 0.6) is 0 Å². The summed E-state index contributed by atoms with van der Waals surface area (Å²) in [5.74, 6) is 1.93. The van der Waals surface area contributed by atoms with Crippen LogP contribution in [0.2, 0.25) is 0 Å². The zero-order chi connectivity index (χ0) is 8.55. The second kappa shape index (κ2) is 3.08. The summed E-state index contributed by atoms with van der Waals surface area (Å²) in [4.78, 5) is 0. The molecule has 0 nitrogen and oxygen atoms in total. The van der Waals surface area contributed by atoms with Crippen molar-refractivity contribution in [2.75, 3.05) is 0 Å². The molecule has 2 aliphatic rings. The monoisotopic (exact) mass is 162 g/mol. The maximum Gasteiger partial charge on any atom is -0.0131 e. The Bertz CT molecular complexity index is 216. The van der Waals surface area contributed by atoms with Gasteiger partial charge in [-0.2, -0.15) is 0 Å². The predicted molar refractivity (Wildman–Crippen MR) is 53.0 cm³/mol. The largest absolute Gasteiger partial charge is 0.0988 e. The molecule has 0 radical (unpaired) electrons. The summed E-state index contributed by atoms with van der Waals surface area (Å²) in [6, 6.07) is 0. The lowest BCUT2D eigenvalue weighted by molar-refractivity contribution is 0.672. The molecule has 0 aromatic rings. The third kappa shape index (κ3) is 1.48. The third-order valence-electron chi connectivity index (χ3n) is 3.11. The van der Waals surface area contributed by atoms with E-state index in [-0.39, 0.29) is 0 Å². The van der Waals surface area contributed by atoms with Gasteiger partial charge in [0.2, 0.25) is 0 Å². The lowest BCUT2D eigenvalue weighted by Gasteiger charge is -1.98. The highest BCUT2D eigenvalue weighted by atomic mass is 14.4. The Morgan fingerprint density at radius 1 is 1.58 bits per heavy atom. The Labute approximate surface area is 75.4 Å². The van der Waals surface area contributed by atoms with Crippen LogP contribution in [0.1, 0.15) is 39.0 Å². The quantitative estimate of drug-likeness (QED) is 0.591. The van der Waals surface area contributed by atoms with Crippen molar-refractivity contribution in [1.29, 1.82) is 0 Å². The fourth-order valence-electron chi connectivity index (χ4n) is 2.23. The van der Waals surface area contributed by atoms with Crippen molar-refractivity contribution < 1.29 is 0 Å². The van der Waals surface area contributed by atoms with Gasteiger partial charge in [0.05, 0.1) is 0 Å². The van der Waals surface area contributed by atoms with E-state index in [1.165, 1.54) is 32.1 Å². The normalized spacial score (nSPS) is 31.6.